The van der Waals surface area contributed by atoms with Crippen LogP contribution in [0.2, 0.25) is 0 Å². The number of carboxylic acid groups (broad SMARTS) is 1. The summed E-state index contributed by atoms with van der Waals surface area (Å²) >= 11 is 0. The van der Waals surface area contributed by atoms with E-state index in [0.717, 1.165) is 12.1 Å². The number of hydrogen-bond acceptors (Lipinski definition) is 5. The first kappa shape index (κ1) is 24.3. The van der Waals surface area contributed by atoms with Gasteiger partial charge in [-0.05, 0) is 48.0 Å². The summed E-state index contributed by atoms with van der Waals surface area (Å²) in [7, 11) is 0. The Morgan fingerprint density at radius 3 is 2.35 bits per heavy atom. The largest absolute Gasteiger partial charge is 0.484 e. The molecule has 0 bridgehead atoms. The van der Waals surface area contributed by atoms with Crippen LogP contribution in [0.1, 0.15) is 22.0 Å². The molecule has 0 aromatic heterocycles. The third-order valence-corrected chi connectivity index (χ3v) is 6.67. The van der Waals surface area contributed by atoms with Gasteiger partial charge in [0.2, 0.25) is 0 Å². The Morgan fingerprint density at radius 1 is 0.892 bits per heavy atom. The highest BCUT2D eigenvalue weighted by Gasteiger charge is 2.31. The Morgan fingerprint density at radius 2 is 1.62 bits per heavy atom. The number of hydrogen-bond donors (Lipinski definition) is 2. The third kappa shape index (κ3) is 5.26. The summed E-state index contributed by atoms with van der Waals surface area (Å²) in [5.74, 6) is -0.568. The van der Waals surface area contributed by atoms with Gasteiger partial charge in [0, 0.05) is 44.1 Å². The smallest absolute Gasteiger partial charge is 0.335 e. The number of carboxylic acids is 1. The van der Waals surface area contributed by atoms with Crippen molar-refractivity contribution in [3.63, 3.8) is 0 Å². The van der Waals surface area contributed by atoms with Crippen molar-refractivity contribution in [3.05, 3.63) is 90.0 Å². The molecule has 2 heterocycles. The third-order valence-electron chi connectivity index (χ3n) is 6.67. The second-order valence-electron chi connectivity index (χ2n) is 8.94. The molecule has 3 amide bonds. The number of nitrogens with one attached hydrogen (secondary N) is 1. The normalized spacial score (nSPS) is 17.7. The molecule has 2 fully saturated rings. The summed E-state index contributed by atoms with van der Waals surface area (Å²) in [6.07, 6.45) is 0. The number of amides is 3. The zero-order chi connectivity index (χ0) is 25.8. The van der Waals surface area contributed by atoms with E-state index in [1.165, 1.54) is 12.1 Å². The van der Waals surface area contributed by atoms with E-state index in [4.69, 9.17) is 4.74 Å². The summed E-state index contributed by atoms with van der Waals surface area (Å²) in [6.45, 7) is 2.90. The molecule has 9 heteroatoms. The lowest BCUT2D eigenvalue weighted by Crippen LogP contribution is -2.50. The molecule has 2 N–H and O–H groups in total. The molecular formula is C28H28N4O5. The first-order chi connectivity index (χ1) is 18.0. The zero-order valence-electron chi connectivity index (χ0n) is 20.2. The van der Waals surface area contributed by atoms with Crippen LogP contribution in [0, 0.1) is 0 Å². The molecule has 9 nitrogen and oxygen atoms in total. The van der Waals surface area contributed by atoms with Crippen molar-refractivity contribution in [2.75, 3.05) is 49.1 Å². The Balaban J connectivity index is 1.20. The number of nitrogens with zero attached hydrogens (tertiary/aromatic N) is 3. The number of anilines is 2. The molecule has 0 aliphatic carbocycles. The highest BCUT2D eigenvalue weighted by atomic mass is 16.5. The van der Waals surface area contributed by atoms with Crippen LogP contribution < -0.4 is 19.9 Å². The number of rotatable bonds is 7. The number of carbonyl (C=O) groups excluding carboxylic acids is 2. The molecule has 190 valence electrons. The van der Waals surface area contributed by atoms with Gasteiger partial charge in [-0.3, -0.25) is 14.6 Å². The highest BCUT2D eigenvalue weighted by Crippen LogP contribution is 2.28. The predicted octanol–water partition coefficient (Wildman–Crippen LogP) is 3.38. The maximum atomic E-state index is 13.0. The fraction of sp³-hybridized carbons (Fsp3) is 0.250. The molecule has 5 rings (SSSR count). The van der Waals surface area contributed by atoms with E-state index in [1.807, 2.05) is 35.2 Å². The molecule has 2 aliphatic rings. The lowest BCUT2D eigenvalue weighted by molar-refractivity contribution is -0.136. The highest BCUT2D eigenvalue weighted by molar-refractivity contribution is 6.06. The van der Waals surface area contributed by atoms with E-state index in [2.05, 4.69) is 5.32 Å². The quantitative estimate of drug-likeness (QED) is 0.516. The van der Waals surface area contributed by atoms with Crippen LogP contribution in [0.3, 0.4) is 0 Å². The Hall–Kier alpha value is -4.37. The molecular weight excluding hydrogens is 472 g/mol. The van der Waals surface area contributed by atoms with Gasteiger partial charge in [0.15, 0.2) is 6.61 Å². The zero-order valence-corrected chi connectivity index (χ0v) is 20.2. The molecule has 1 unspecified atom stereocenters. The average Bonchev–Trinajstić information content (AvgIpc) is 3.33. The number of ether oxygens (including phenoxy) is 1. The van der Waals surface area contributed by atoms with Crippen molar-refractivity contribution in [1.82, 2.24) is 10.2 Å². The fourth-order valence-corrected chi connectivity index (χ4v) is 4.75. The van der Waals surface area contributed by atoms with E-state index in [1.54, 1.807) is 46.2 Å². The number of benzene rings is 3. The molecule has 3 aromatic carbocycles. The van der Waals surface area contributed by atoms with Gasteiger partial charge in [-0.15, -0.1) is 0 Å². The minimum absolute atomic E-state index is 0.0336. The molecule has 3 aromatic rings. The van der Waals surface area contributed by atoms with Crippen molar-refractivity contribution >= 4 is 29.3 Å². The minimum atomic E-state index is -1.04. The average molecular weight is 501 g/mol. The monoisotopic (exact) mass is 500 g/mol. The predicted molar refractivity (Wildman–Crippen MR) is 139 cm³/mol. The number of carbonyl (C=O) groups is 3. The van der Waals surface area contributed by atoms with E-state index in [0.29, 0.717) is 43.3 Å². The summed E-state index contributed by atoms with van der Waals surface area (Å²) in [5.41, 5.74) is 2.47. The van der Waals surface area contributed by atoms with E-state index in [-0.39, 0.29) is 30.2 Å². The second kappa shape index (κ2) is 10.7. The lowest BCUT2D eigenvalue weighted by atomic mass is 10.0. The molecule has 2 aliphatic heterocycles. The van der Waals surface area contributed by atoms with Crippen LogP contribution in [0.5, 0.6) is 5.75 Å². The van der Waals surface area contributed by atoms with Gasteiger partial charge in [0.1, 0.15) is 5.75 Å². The van der Waals surface area contributed by atoms with E-state index < -0.39 is 5.97 Å². The first-order valence-corrected chi connectivity index (χ1v) is 12.2. The van der Waals surface area contributed by atoms with E-state index >= 15 is 0 Å². The van der Waals surface area contributed by atoms with Crippen LogP contribution in [-0.4, -0.2) is 67.2 Å². The second-order valence-corrected chi connectivity index (χ2v) is 8.94. The molecule has 1 atom stereocenters. The van der Waals surface area contributed by atoms with Gasteiger partial charge in [-0.25, -0.2) is 9.59 Å². The van der Waals surface area contributed by atoms with Crippen molar-refractivity contribution in [3.8, 4) is 5.75 Å². The van der Waals surface area contributed by atoms with Crippen LogP contribution >= 0.6 is 0 Å². The first-order valence-electron chi connectivity index (χ1n) is 12.2. The Labute approximate surface area is 214 Å². The van der Waals surface area contributed by atoms with Gasteiger partial charge in [-0.1, -0.05) is 36.4 Å². The molecule has 2 saturated heterocycles. The molecule has 0 radical (unpaired) electrons. The maximum Gasteiger partial charge on any atom is 0.335 e. The fourth-order valence-electron chi connectivity index (χ4n) is 4.75. The maximum absolute atomic E-state index is 13.0. The van der Waals surface area contributed by atoms with Crippen molar-refractivity contribution in [1.29, 1.82) is 0 Å². The van der Waals surface area contributed by atoms with Crippen LogP contribution in [0.4, 0.5) is 16.2 Å². The minimum Gasteiger partial charge on any atom is -0.484 e. The molecule has 37 heavy (non-hydrogen) atoms. The van der Waals surface area contributed by atoms with Crippen molar-refractivity contribution in [2.45, 2.75) is 6.04 Å². The van der Waals surface area contributed by atoms with Gasteiger partial charge in [-0.2, -0.15) is 0 Å². The summed E-state index contributed by atoms with van der Waals surface area (Å²) in [4.78, 5) is 42.4. The summed E-state index contributed by atoms with van der Waals surface area (Å²) in [6, 6.07) is 23.1. The topological polar surface area (TPSA) is 102 Å². The molecule has 0 spiro atoms. The summed E-state index contributed by atoms with van der Waals surface area (Å²) in [5, 5.41) is 12.6. The standard InChI is InChI=1S/C28H28N4O5/c33-26(32-14-13-29-18-25(32)20-5-2-1-3-6-20)19-37-24-11-9-22(10-12-24)30-15-16-31(28(30)36)23-8-4-7-21(17-23)27(34)35/h1-12,17,25,29H,13-16,18-19H2,(H,34,35). The van der Waals surface area contributed by atoms with Crippen LogP contribution in [-0.2, 0) is 4.79 Å². The lowest BCUT2D eigenvalue weighted by Gasteiger charge is -2.36. The van der Waals surface area contributed by atoms with E-state index in [9.17, 15) is 19.5 Å². The Kier molecular flexibility index (Phi) is 7.04. The van der Waals surface area contributed by atoms with Crippen molar-refractivity contribution < 1.29 is 24.2 Å². The van der Waals surface area contributed by atoms with Crippen LogP contribution in [0.15, 0.2) is 78.9 Å². The van der Waals surface area contributed by atoms with Gasteiger partial charge in [0.05, 0.1) is 11.6 Å². The summed E-state index contributed by atoms with van der Waals surface area (Å²) < 4.78 is 5.79. The van der Waals surface area contributed by atoms with Crippen molar-refractivity contribution in [2.24, 2.45) is 0 Å². The number of urea groups is 1. The Bertz CT molecular complexity index is 1280. The molecule has 0 saturated carbocycles. The number of piperazine rings is 1. The number of aromatic carboxylic acids is 1. The van der Waals surface area contributed by atoms with Crippen LogP contribution in [0.25, 0.3) is 0 Å². The van der Waals surface area contributed by atoms with Gasteiger partial charge < -0.3 is 20.1 Å². The van der Waals surface area contributed by atoms with Gasteiger partial charge >= 0.3 is 12.0 Å². The SMILES string of the molecule is O=C(O)c1cccc(N2CCN(c3ccc(OCC(=O)N4CCNCC4c4ccccc4)cc3)C2=O)c1. The van der Waals surface area contributed by atoms with Gasteiger partial charge in [0.25, 0.3) is 5.91 Å².